The Hall–Kier alpha value is -0.570. The molecule has 14 heavy (non-hydrogen) atoms. The molecule has 1 amide bonds. The number of amides is 1. The summed E-state index contributed by atoms with van der Waals surface area (Å²) in [6.45, 7) is 6.29. The van der Waals surface area contributed by atoms with Gasteiger partial charge in [0.25, 0.3) is 0 Å². The van der Waals surface area contributed by atoms with Crippen molar-refractivity contribution in [1.82, 2.24) is 10.2 Å². The summed E-state index contributed by atoms with van der Waals surface area (Å²) in [7, 11) is 3.86. The van der Waals surface area contributed by atoms with Gasteiger partial charge in [-0.3, -0.25) is 4.79 Å². The Labute approximate surface area is 86.9 Å². The van der Waals surface area contributed by atoms with Crippen LogP contribution in [-0.4, -0.2) is 38.0 Å². The molecule has 0 aromatic heterocycles. The zero-order valence-corrected chi connectivity index (χ0v) is 9.76. The van der Waals surface area contributed by atoms with Crippen LogP contribution >= 0.6 is 0 Å². The van der Waals surface area contributed by atoms with E-state index in [1.54, 1.807) is 0 Å². The van der Waals surface area contributed by atoms with Crippen LogP contribution in [0.15, 0.2) is 0 Å². The molecule has 0 spiro atoms. The third-order valence-electron chi connectivity index (χ3n) is 3.63. The SMILES string of the molecule is CNCC1(C(C)C)CCN(C)C(=O)C1. The Balaban J connectivity index is 2.74. The van der Waals surface area contributed by atoms with Crippen molar-refractivity contribution < 1.29 is 4.79 Å². The summed E-state index contributed by atoms with van der Waals surface area (Å²) in [5, 5.41) is 3.22. The van der Waals surface area contributed by atoms with Gasteiger partial charge in [-0.1, -0.05) is 13.8 Å². The fourth-order valence-corrected chi connectivity index (χ4v) is 2.24. The molecule has 1 saturated heterocycles. The van der Waals surface area contributed by atoms with E-state index in [1.807, 2.05) is 19.0 Å². The number of hydrogen-bond acceptors (Lipinski definition) is 2. The van der Waals surface area contributed by atoms with Crippen molar-refractivity contribution in [3.63, 3.8) is 0 Å². The van der Waals surface area contributed by atoms with Crippen LogP contribution in [0.5, 0.6) is 0 Å². The maximum Gasteiger partial charge on any atom is 0.222 e. The van der Waals surface area contributed by atoms with E-state index in [-0.39, 0.29) is 5.41 Å². The fraction of sp³-hybridized carbons (Fsp3) is 0.909. The van der Waals surface area contributed by atoms with Crippen LogP contribution in [0.1, 0.15) is 26.7 Å². The quantitative estimate of drug-likeness (QED) is 0.736. The summed E-state index contributed by atoms with van der Waals surface area (Å²) in [5.41, 5.74) is 0.179. The minimum absolute atomic E-state index is 0.179. The van der Waals surface area contributed by atoms with Crippen LogP contribution in [0.4, 0.5) is 0 Å². The van der Waals surface area contributed by atoms with E-state index in [2.05, 4.69) is 19.2 Å². The van der Waals surface area contributed by atoms with Gasteiger partial charge in [0.1, 0.15) is 0 Å². The lowest BCUT2D eigenvalue weighted by Gasteiger charge is -2.43. The van der Waals surface area contributed by atoms with Crippen molar-refractivity contribution >= 4 is 5.91 Å². The van der Waals surface area contributed by atoms with Gasteiger partial charge in [-0.05, 0) is 24.8 Å². The molecule has 0 aromatic rings. The smallest absolute Gasteiger partial charge is 0.222 e. The molecule has 1 heterocycles. The predicted molar refractivity (Wildman–Crippen MR) is 58.1 cm³/mol. The summed E-state index contributed by atoms with van der Waals surface area (Å²) in [6.07, 6.45) is 1.82. The number of likely N-dealkylation sites (tertiary alicyclic amines) is 1. The Morgan fingerprint density at radius 3 is 2.64 bits per heavy atom. The highest BCUT2D eigenvalue weighted by Crippen LogP contribution is 2.38. The fourth-order valence-electron chi connectivity index (χ4n) is 2.24. The number of carbonyl (C=O) groups excluding carboxylic acids is 1. The van der Waals surface area contributed by atoms with Crippen LogP contribution in [0.2, 0.25) is 0 Å². The summed E-state index contributed by atoms with van der Waals surface area (Å²) in [5.74, 6) is 0.854. The third kappa shape index (κ3) is 2.08. The molecule has 1 rings (SSSR count). The van der Waals surface area contributed by atoms with E-state index in [9.17, 15) is 4.79 Å². The number of rotatable bonds is 3. The molecule has 0 radical (unpaired) electrons. The highest BCUT2D eigenvalue weighted by atomic mass is 16.2. The highest BCUT2D eigenvalue weighted by Gasteiger charge is 2.39. The molecule has 1 fully saturated rings. The van der Waals surface area contributed by atoms with Gasteiger partial charge < -0.3 is 10.2 Å². The maximum absolute atomic E-state index is 11.7. The lowest BCUT2D eigenvalue weighted by atomic mass is 9.70. The molecular formula is C11H22N2O. The standard InChI is InChI=1S/C11H22N2O/c1-9(2)11(8-12-3)5-6-13(4)10(14)7-11/h9,12H,5-8H2,1-4H3. The molecule has 1 atom stereocenters. The first kappa shape index (κ1) is 11.5. The molecule has 0 aliphatic carbocycles. The molecular weight excluding hydrogens is 176 g/mol. The van der Waals surface area contributed by atoms with Gasteiger partial charge in [0.2, 0.25) is 5.91 Å². The summed E-state index contributed by atoms with van der Waals surface area (Å²) in [4.78, 5) is 13.5. The van der Waals surface area contributed by atoms with E-state index in [4.69, 9.17) is 0 Å². The third-order valence-corrected chi connectivity index (χ3v) is 3.63. The number of nitrogens with one attached hydrogen (secondary N) is 1. The summed E-state index contributed by atoms with van der Waals surface area (Å²) >= 11 is 0. The Bertz CT molecular complexity index is 215. The van der Waals surface area contributed by atoms with Crippen molar-refractivity contribution in [3.8, 4) is 0 Å². The molecule has 82 valence electrons. The Kier molecular flexibility index (Phi) is 3.53. The monoisotopic (exact) mass is 198 g/mol. The molecule has 0 bridgehead atoms. The van der Waals surface area contributed by atoms with Crippen molar-refractivity contribution in [2.75, 3.05) is 27.2 Å². The Morgan fingerprint density at radius 2 is 2.21 bits per heavy atom. The Morgan fingerprint density at radius 1 is 1.57 bits per heavy atom. The average molecular weight is 198 g/mol. The molecule has 3 heteroatoms. The molecule has 3 nitrogen and oxygen atoms in total. The van der Waals surface area contributed by atoms with Gasteiger partial charge >= 0.3 is 0 Å². The number of piperidine rings is 1. The molecule has 0 aromatic carbocycles. The predicted octanol–water partition coefficient (Wildman–Crippen LogP) is 1.10. The second kappa shape index (κ2) is 4.30. The molecule has 1 unspecified atom stereocenters. The van der Waals surface area contributed by atoms with Crippen molar-refractivity contribution in [2.24, 2.45) is 11.3 Å². The van der Waals surface area contributed by atoms with Gasteiger partial charge in [0.05, 0.1) is 0 Å². The van der Waals surface area contributed by atoms with Crippen LogP contribution in [0, 0.1) is 11.3 Å². The van der Waals surface area contributed by atoms with Crippen LogP contribution < -0.4 is 5.32 Å². The van der Waals surface area contributed by atoms with Crippen LogP contribution in [0.3, 0.4) is 0 Å². The molecule has 1 aliphatic heterocycles. The first-order chi connectivity index (χ1) is 6.52. The van der Waals surface area contributed by atoms with E-state index in [0.717, 1.165) is 19.5 Å². The lowest BCUT2D eigenvalue weighted by Crippen LogP contribution is -2.48. The van der Waals surface area contributed by atoms with Gasteiger partial charge in [-0.15, -0.1) is 0 Å². The average Bonchev–Trinajstić information content (AvgIpc) is 2.12. The topological polar surface area (TPSA) is 32.3 Å². The largest absolute Gasteiger partial charge is 0.346 e. The number of hydrogen-bond donors (Lipinski definition) is 1. The van der Waals surface area contributed by atoms with E-state index >= 15 is 0 Å². The zero-order valence-electron chi connectivity index (χ0n) is 9.76. The van der Waals surface area contributed by atoms with Crippen molar-refractivity contribution in [1.29, 1.82) is 0 Å². The van der Waals surface area contributed by atoms with Crippen molar-refractivity contribution in [2.45, 2.75) is 26.7 Å². The zero-order chi connectivity index (χ0) is 10.8. The lowest BCUT2D eigenvalue weighted by molar-refractivity contribution is -0.137. The van der Waals surface area contributed by atoms with E-state index < -0.39 is 0 Å². The second-order valence-electron chi connectivity index (χ2n) is 4.79. The van der Waals surface area contributed by atoms with E-state index in [1.165, 1.54) is 0 Å². The van der Waals surface area contributed by atoms with Crippen LogP contribution in [-0.2, 0) is 4.79 Å². The van der Waals surface area contributed by atoms with Crippen molar-refractivity contribution in [3.05, 3.63) is 0 Å². The minimum atomic E-state index is 0.179. The minimum Gasteiger partial charge on any atom is -0.346 e. The summed E-state index contributed by atoms with van der Waals surface area (Å²) in [6, 6.07) is 0. The van der Waals surface area contributed by atoms with E-state index in [0.29, 0.717) is 18.2 Å². The van der Waals surface area contributed by atoms with Crippen LogP contribution in [0.25, 0.3) is 0 Å². The van der Waals surface area contributed by atoms with Gasteiger partial charge in [0, 0.05) is 26.6 Å². The number of nitrogens with zero attached hydrogens (tertiary/aromatic N) is 1. The summed E-state index contributed by atoms with van der Waals surface area (Å²) < 4.78 is 0. The molecule has 0 saturated carbocycles. The molecule has 1 N–H and O–H groups in total. The number of carbonyl (C=O) groups is 1. The molecule has 1 aliphatic rings. The highest BCUT2D eigenvalue weighted by molar-refractivity contribution is 5.77. The maximum atomic E-state index is 11.7. The second-order valence-corrected chi connectivity index (χ2v) is 4.79. The normalized spacial score (nSPS) is 28.6. The van der Waals surface area contributed by atoms with Gasteiger partial charge in [-0.25, -0.2) is 0 Å². The first-order valence-corrected chi connectivity index (χ1v) is 5.40. The van der Waals surface area contributed by atoms with Gasteiger partial charge in [-0.2, -0.15) is 0 Å². The first-order valence-electron chi connectivity index (χ1n) is 5.40. The van der Waals surface area contributed by atoms with Gasteiger partial charge in [0.15, 0.2) is 0 Å².